The smallest absolute Gasteiger partial charge is 0.290 e. The van der Waals surface area contributed by atoms with E-state index < -0.39 is 11.9 Å². The van der Waals surface area contributed by atoms with Crippen molar-refractivity contribution in [1.82, 2.24) is 9.88 Å². The van der Waals surface area contributed by atoms with Gasteiger partial charge in [-0.05, 0) is 30.9 Å². The van der Waals surface area contributed by atoms with Gasteiger partial charge in [-0.3, -0.25) is 14.6 Å². The molecule has 0 radical (unpaired) electrons. The monoisotopic (exact) mass is 328 g/mol. The molecule has 1 fully saturated rings. The van der Waals surface area contributed by atoms with Crippen molar-refractivity contribution in [3.8, 4) is 0 Å². The summed E-state index contributed by atoms with van der Waals surface area (Å²) in [5, 5.41) is 10.4. The Morgan fingerprint density at radius 1 is 1.33 bits per heavy atom. The first kappa shape index (κ1) is 16.7. The molecule has 1 N–H and O–H groups in total. The SMILES string of the molecule is CC(C)CC(=O)C1=C(O)C(=O)N(C2CCCC2)C1c1ccccn1. The van der Waals surface area contributed by atoms with Crippen LogP contribution in [0.1, 0.15) is 57.7 Å². The third-order valence-electron chi connectivity index (χ3n) is 4.82. The lowest BCUT2D eigenvalue weighted by Gasteiger charge is -2.31. The highest BCUT2D eigenvalue weighted by molar-refractivity contribution is 6.09. The highest BCUT2D eigenvalue weighted by Gasteiger charge is 2.47. The van der Waals surface area contributed by atoms with E-state index in [-0.39, 0.29) is 29.1 Å². The van der Waals surface area contributed by atoms with Gasteiger partial charge in [-0.1, -0.05) is 32.8 Å². The highest BCUT2D eigenvalue weighted by atomic mass is 16.3. The molecule has 5 nitrogen and oxygen atoms in total. The Balaban J connectivity index is 2.03. The number of amides is 1. The van der Waals surface area contributed by atoms with E-state index in [1.54, 1.807) is 17.2 Å². The number of aliphatic hydroxyl groups excluding tert-OH is 1. The first-order chi connectivity index (χ1) is 11.5. The molecule has 1 amide bonds. The molecule has 1 aromatic heterocycles. The minimum absolute atomic E-state index is 0.0657. The summed E-state index contributed by atoms with van der Waals surface area (Å²) >= 11 is 0. The number of rotatable bonds is 5. The molecule has 2 aliphatic rings. The molecule has 1 unspecified atom stereocenters. The van der Waals surface area contributed by atoms with Gasteiger partial charge in [0.15, 0.2) is 11.5 Å². The van der Waals surface area contributed by atoms with Gasteiger partial charge in [-0.2, -0.15) is 0 Å². The van der Waals surface area contributed by atoms with Gasteiger partial charge in [0.2, 0.25) is 0 Å². The number of nitrogens with zero attached hydrogens (tertiary/aromatic N) is 2. The molecule has 1 saturated carbocycles. The van der Waals surface area contributed by atoms with Crippen molar-refractivity contribution in [1.29, 1.82) is 0 Å². The Kier molecular flexibility index (Phi) is 4.69. The number of hydrogen-bond donors (Lipinski definition) is 1. The van der Waals surface area contributed by atoms with Gasteiger partial charge in [0, 0.05) is 18.7 Å². The minimum atomic E-state index is -0.562. The molecule has 1 atom stereocenters. The lowest BCUT2D eigenvalue weighted by Crippen LogP contribution is -2.39. The summed E-state index contributed by atoms with van der Waals surface area (Å²) in [6.07, 6.45) is 5.93. The third-order valence-corrected chi connectivity index (χ3v) is 4.82. The van der Waals surface area contributed by atoms with E-state index >= 15 is 0 Å². The van der Waals surface area contributed by atoms with Crippen LogP contribution in [0.5, 0.6) is 0 Å². The Labute approximate surface area is 142 Å². The molecule has 3 rings (SSSR count). The number of Topliss-reactive ketones (excluding diaryl/α,β-unsaturated/α-hetero) is 1. The Morgan fingerprint density at radius 3 is 2.62 bits per heavy atom. The van der Waals surface area contributed by atoms with E-state index in [1.807, 2.05) is 26.0 Å². The molecule has 1 aliphatic heterocycles. The average Bonchev–Trinajstić information content (AvgIpc) is 3.15. The van der Waals surface area contributed by atoms with E-state index in [2.05, 4.69) is 4.98 Å². The van der Waals surface area contributed by atoms with Crippen LogP contribution in [0.3, 0.4) is 0 Å². The van der Waals surface area contributed by atoms with Crippen LogP contribution in [0.15, 0.2) is 35.7 Å². The number of ketones is 1. The van der Waals surface area contributed by atoms with E-state index in [0.29, 0.717) is 12.1 Å². The maximum absolute atomic E-state index is 12.7. The third kappa shape index (κ3) is 2.95. The first-order valence-corrected chi connectivity index (χ1v) is 8.70. The van der Waals surface area contributed by atoms with Crippen molar-refractivity contribution >= 4 is 11.7 Å². The second-order valence-electron chi connectivity index (χ2n) is 7.09. The molecule has 128 valence electrons. The maximum Gasteiger partial charge on any atom is 0.290 e. The summed E-state index contributed by atoms with van der Waals surface area (Å²) in [6.45, 7) is 3.91. The van der Waals surface area contributed by atoms with E-state index in [9.17, 15) is 14.7 Å². The van der Waals surface area contributed by atoms with Crippen molar-refractivity contribution in [2.75, 3.05) is 0 Å². The molecule has 2 heterocycles. The van der Waals surface area contributed by atoms with Crippen LogP contribution in [-0.2, 0) is 9.59 Å². The van der Waals surface area contributed by atoms with Crippen LogP contribution in [0.4, 0.5) is 0 Å². The van der Waals surface area contributed by atoms with Gasteiger partial charge < -0.3 is 10.0 Å². The normalized spacial score (nSPS) is 22.0. The van der Waals surface area contributed by atoms with Gasteiger partial charge in [-0.15, -0.1) is 0 Å². The Morgan fingerprint density at radius 2 is 2.04 bits per heavy atom. The van der Waals surface area contributed by atoms with E-state index in [1.165, 1.54) is 0 Å². The first-order valence-electron chi connectivity index (χ1n) is 8.70. The van der Waals surface area contributed by atoms with Crippen molar-refractivity contribution < 1.29 is 14.7 Å². The molecule has 0 spiro atoms. The van der Waals surface area contributed by atoms with Gasteiger partial charge in [-0.25, -0.2) is 0 Å². The number of carbonyl (C=O) groups excluding carboxylic acids is 2. The fourth-order valence-corrected chi connectivity index (χ4v) is 3.78. The minimum Gasteiger partial charge on any atom is -0.503 e. The second kappa shape index (κ2) is 6.75. The zero-order chi connectivity index (χ0) is 17.3. The molecular formula is C19H24N2O3. The highest BCUT2D eigenvalue weighted by Crippen LogP contribution is 2.42. The van der Waals surface area contributed by atoms with Gasteiger partial charge in [0.25, 0.3) is 5.91 Å². The predicted molar refractivity (Wildman–Crippen MR) is 90.2 cm³/mol. The van der Waals surface area contributed by atoms with Crippen molar-refractivity contribution in [2.24, 2.45) is 5.92 Å². The van der Waals surface area contributed by atoms with Gasteiger partial charge in [0.05, 0.1) is 11.3 Å². The van der Waals surface area contributed by atoms with Gasteiger partial charge in [0.1, 0.15) is 6.04 Å². The molecule has 5 heteroatoms. The largest absolute Gasteiger partial charge is 0.503 e. The zero-order valence-electron chi connectivity index (χ0n) is 14.2. The average molecular weight is 328 g/mol. The second-order valence-corrected chi connectivity index (χ2v) is 7.09. The van der Waals surface area contributed by atoms with Crippen LogP contribution >= 0.6 is 0 Å². The summed E-state index contributed by atoms with van der Waals surface area (Å²) in [4.78, 5) is 31.5. The standard InChI is InChI=1S/C19H24N2O3/c1-12(2)11-15(22)16-17(14-9-5-6-10-20-14)21(19(24)18(16)23)13-7-3-4-8-13/h5-6,9-10,12-13,17,23H,3-4,7-8,11H2,1-2H3. The number of hydrogen-bond acceptors (Lipinski definition) is 4. The van der Waals surface area contributed by atoms with Crippen molar-refractivity contribution in [3.05, 3.63) is 41.4 Å². The fourth-order valence-electron chi connectivity index (χ4n) is 3.78. The quantitative estimate of drug-likeness (QED) is 0.900. The van der Waals surface area contributed by atoms with Crippen molar-refractivity contribution in [3.63, 3.8) is 0 Å². The van der Waals surface area contributed by atoms with Crippen molar-refractivity contribution in [2.45, 2.75) is 58.0 Å². The number of carbonyl (C=O) groups is 2. The number of aromatic nitrogens is 1. The molecule has 0 aromatic carbocycles. The Hall–Kier alpha value is -2.17. The summed E-state index contributed by atoms with van der Waals surface area (Å²) in [7, 11) is 0. The lowest BCUT2D eigenvalue weighted by atomic mass is 9.94. The summed E-state index contributed by atoms with van der Waals surface area (Å²) in [6, 6.07) is 4.98. The molecule has 0 bridgehead atoms. The van der Waals surface area contributed by atoms with E-state index in [4.69, 9.17) is 0 Å². The number of pyridine rings is 1. The topological polar surface area (TPSA) is 70.5 Å². The number of aliphatic hydroxyl groups is 1. The molecule has 1 aliphatic carbocycles. The summed E-state index contributed by atoms with van der Waals surface area (Å²) < 4.78 is 0. The molecule has 24 heavy (non-hydrogen) atoms. The van der Waals surface area contributed by atoms with Crippen LogP contribution in [-0.4, -0.2) is 32.7 Å². The van der Waals surface area contributed by atoms with Crippen LogP contribution in [0.2, 0.25) is 0 Å². The molecule has 0 saturated heterocycles. The summed E-state index contributed by atoms with van der Waals surface area (Å²) in [5.41, 5.74) is 0.869. The maximum atomic E-state index is 12.7. The predicted octanol–water partition coefficient (Wildman–Crippen LogP) is 3.33. The molecular weight excluding hydrogens is 304 g/mol. The van der Waals surface area contributed by atoms with Crippen LogP contribution in [0.25, 0.3) is 0 Å². The lowest BCUT2D eigenvalue weighted by molar-refractivity contribution is -0.131. The molecule has 1 aromatic rings. The fraction of sp³-hybridized carbons (Fsp3) is 0.526. The van der Waals surface area contributed by atoms with Crippen LogP contribution < -0.4 is 0 Å². The summed E-state index contributed by atoms with van der Waals surface area (Å²) in [5.74, 6) is -0.808. The Bertz CT molecular complexity index is 660. The van der Waals surface area contributed by atoms with E-state index in [0.717, 1.165) is 25.7 Å². The van der Waals surface area contributed by atoms with Crippen LogP contribution in [0, 0.1) is 5.92 Å². The zero-order valence-corrected chi connectivity index (χ0v) is 14.2. The van der Waals surface area contributed by atoms with Gasteiger partial charge >= 0.3 is 0 Å².